The van der Waals surface area contributed by atoms with Gasteiger partial charge >= 0.3 is 0 Å². The van der Waals surface area contributed by atoms with Crippen LogP contribution in [0.2, 0.25) is 0 Å². The van der Waals surface area contributed by atoms with Gasteiger partial charge in [0.25, 0.3) is 0 Å². The van der Waals surface area contributed by atoms with Crippen molar-refractivity contribution in [2.75, 3.05) is 37.6 Å². The van der Waals surface area contributed by atoms with Crippen LogP contribution in [0.1, 0.15) is 20.3 Å². The molecule has 1 aromatic carbocycles. The zero-order valence-corrected chi connectivity index (χ0v) is 13.4. The third-order valence-electron chi connectivity index (χ3n) is 4.23. The highest BCUT2D eigenvalue weighted by Gasteiger charge is 2.21. The van der Waals surface area contributed by atoms with E-state index in [9.17, 15) is 9.59 Å². The number of piperazine rings is 1. The number of hydrogen-bond acceptors (Lipinski definition) is 3. The van der Waals surface area contributed by atoms with Crippen LogP contribution in [0.5, 0.6) is 0 Å². The van der Waals surface area contributed by atoms with E-state index in [2.05, 4.69) is 22.3 Å². The molecule has 1 N–H and O–H groups in total. The Balaban J connectivity index is 1.77. The van der Waals surface area contributed by atoms with E-state index in [0.29, 0.717) is 13.1 Å². The molecule has 2 rings (SSSR count). The van der Waals surface area contributed by atoms with E-state index in [4.69, 9.17) is 0 Å². The van der Waals surface area contributed by atoms with Crippen molar-refractivity contribution < 1.29 is 9.59 Å². The largest absolute Gasteiger partial charge is 0.368 e. The van der Waals surface area contributed by atoms with Crippen LogP contribution in [0, 0.1) is 5.92 Å². The molecule has 0 aromatic heterocycles. The molecule has 1 unspecified atom stereocenters. The summed E-state index contributed by atoms with van der Waals surface area (Å²) in [6.45, 7) is 7.01. The fourth-order valence-electron chi connectivity index (χ4n) is 2.49. The lowest BCUT2D eigenvalue weighted by atomic mass is 10.1. The second kappa shape index (κ2) is 7.82. The first kappa shape index (κ1) is 16.3. The number of nitrogens with zero attached hydrogens (tertiary/aromatic N) is 2. The number of anilines is 1. The lowest BCUT2D eigenvalue weighted by Crippen LogP contribution is -2.51. The number of para-hydroxylation sites is 1. The quantitative estimate of drug-likeness (QED) is 0.897. The molecule has 5 heteroatoms. The SMILES string of the molecule is CCC(C)C(=O)NCC(=O)N1CCN(c2ccccc2)CC1. The second-order valence-electron chi connectivity index (χ2n) is 5.73. The molecule has 2 amide bonds. The molecule has 0 bridgehead atoms. The van der Waals surface area contributed by atoms with E-state index in [0.717, 1.165) is 19.5 Å². The Morgan fingerprint density at radius 2 is 1.77 bits per heavy atom. The second-order valence-corrected chi connectivity index (χ2v) is 5.73. The molecule has 0 aliphatic carbocycles. The van der Waals surface area contributed by atoms with Crippen molar-refractivity contribution in [2.24, 2.45) is 5.92 Å². The predicted molar refractivity (Wildman–Crippen MR) is 87.7 cm³/mol. The van der Waals surface area contributed by atoms with Crippen LogP contribution in [-0.4, -0.2) is 49.4 Å². The summed E-state index contributed by atoms with van der Waals surface area (Å²) < 4.78 is 0. The van der Waals surface area contributed by atoms with E-state index >= 15 is 0 Å². The van der Waals surface area contributed by atoms with Gasteiger partial charge in [-0.05, 0) is 18.6 Å². The Labute approximate surface area is 132 Å². The van der Waals surface area contributed by atoms with Crippen molar-refractivity contribution in [1.82, 2.24) is 10.2 Å². The van der Waals surface area contributed by atoms with E-state index in [1.165, 1.54) is 5.69 Å². The number of benzene rings is 1. The summed E-state index contributed by atoms with van der Waals surface area (Å²) in [7, 11) is 0. The van der Waals surface area contributed by atoms with Gasteiger partial charge in [0.2, 0.25) is 11.8 Å². The molecule has 0 saturated carbocycles. The van der Waals surface area contributed by atoms with Gasteiger partial charge in [0, 0.05) is 37.8 Å². The molecular weight excluding hydrogens is 278 g/mol. The minimum absolute atomic E-state index is 0.00404. The summed E-state index contributed by atoms with van der Waals surface area (Å²) >= 11 is 0. The Bertz CT molecular complexity index is 496. The summed E-state index contributed by atoms with van der Waals surface area (Å²) in [5.74, 6) is -0.0779. The normalized spacial score (nSPS) is 16.3. The van der Waals surface area contributed by atoms with Crippen LogP contribution in [-0.2, 0) is 9.59 Å². The Morgan fingerprint density at radius 3 is 2.36 bits per heavy atom. The number of hydrogen-bond donors (Lipinski definition) is 1. The van der Waals surface area contributed by atoms with Crippen LogP contribution in [0.15, 0.2) is 30.3 Å². The molecule has 5 nitrogen and oxygen atoms in total. The fraction of sp³-hybridized carbons (Fsp3) is 0.529. The van der Waals surface area contributed by atoms with Crippen LogP contribution in [0.4, 0.5) is 5.69 Å². The molecule has 22 heavy (non-hydrogen) atoms. The molecule has 1 fully saturated rings. The molecule has 0 spiro atoms. The summed E-state index contributed by atoms with van der Waals surface area (Å²) in [6.07, 6.45) is 0.787. The van der Waals surface area contributed by atoms with Gasteiger partial charge in [-0.25, -0.2) is 0 Å². The predicted octanol–water partition coefficient (Wildman–Crippen LogP) is 1.50. The van der Waals surface area contributed by atoms with Gasteiger partial charge < -0.3 is 15.1 Å². The number of carbonyl (C=O) groups is 2. The Hall–Kier alpha value is -2.04. The maximum atomic E-state index is 12.1. The third kappa shape index (κ3) is 4.23. The van der Waals surface area contributed by atoms with Gasteiger partial charge in [-0.15, -0.1) is 0 Å². The number of amides is 2. The highest BCUT2D eigenvalue weighted by Crippen LogP contribution is 2.15. The number of rotatable bonds is 5. The standard InChI is InChI=1S/C17H25N3O2/c1-3-14(2)17(22)18-13-16(21)20-11-9-19(10-12-20)15-7-5-4-6-8-15/h4-8,14H,3,9-13H2,1-2H3,(H,18,22). The molecule has 1 saturated heterocycles. The fourth-order valence-corrected chi connectivity index (χ4v) is 2.49. The van der Waals surface area contributed by atoms with Crippen molar-refractivity contribution in [2.45, 2.75) is 20.3 Å². The minimum Gasteiger partial charge on any atom is -0.368 e. The zero-order valence-electron chi connectivity index (χ0n) is 13.4. The van der Waals surface area contributed by atoms with Crippen molar-refractivity contribution >= 4 is 17.5 Å². The van der Waals surface area contributed by atoms with E-state index in [-0.39, 0.29) is 24.3 Å². The average Bonchev–Trinajstić information content (AvgIpc) is 2.59. The lowest BCUT2D eigenvalue weighted by Gasteiger charge is -2.36. The van der Waals surface area contributed by atoms with Crippen LogP contribution in [0.3, 0.4) is 0 Å². The third-order valence-corrected chi connectivity index (χ3v) is 4.23. The number of carbonyl (C=O) groups excluding carboxylic acids is 2. The van der Waals surface area contributed by atoms with E-state index < -0.39 is 0 Å². The first-order chi connectivity index (χ1) is 10.6. The minimum atomic E-state index is -0.0428. The van der Waals surface area contributed by atoms with E-state index in [1.54, 1.807) is 0 Å². The maximum Gasteiger partial charge on any atom is 0.242 e. The lowest BCUT2D eigenvalue weighted by molar-refractivity contribution is -0.134. The van der Waals surface area contributed by atoms with Gasteiger partial charge in [-0.2, -0.15) is 0 Å². The van der Waals surface area contributed by atoms with Gasteiger partial charge in [0.15, 0.2) is 0 Å². The van der Waals surface area contributed by atoms with Gasteiger partial charge in [-0.3, -0.25) is 9.59 Å². The first-order valence-electron chi connectivity index (χ1n) is 7.97. The van der Waals surface area contributed by atoms with Gasteiger partial charge in [0.1, 0.15) is 0 Å². The van der Waals surface area contributed by atoms with Crippen molar-refractivity contribution in [3.8, 4) is 0 Å². The summed E-state index contributed by atoms with van der Waals surface area (Å²) in [4.78, 5) is 28.0. The molecule has 1 heterocycles. The first-order valence-corrected chi connectivity index (χ1v) is 7.97. The van der Waals surface area contributed by atoms with E-state index in [1.807, 2.05) is 36.9 Å². The summed E-state index contributed by atoms with van der Waals surface area (Å²) in [6, 6.07) is 10.2. The summed E-state index contributed by atoms with van der Waals surface area (Å²) in [5, 5.41) is 2.73. The van der Waals surface area contributed by atoms with Crippen LogP contribution in [0.25, 0.3) is 0 Å². The van der Waals surface area contributed by atoms with Crippen molar-refractivity contribution in [3.63, 3.8) is 0 Å². The Morgan fingerprint density at radius 1 is 1.14 bits per heavy atom. The highest BCUT2D eigenvalue weighted by molar-refractivity contribution is 5.85. The molecule has 1 aromatic rings. The average molecular weight is 303 g/mol. The Kier molecular flexibility index (Phi) is 5.81. The molecule has 1 aliphatic heterocycles. The molecule has 0 radical (unpaired) electrons. The molecule has 1 atom stereocenters. The zero-order chi connectivity index (χ0) is 15.9. The number of nitrogens with one attached hydrogen (secondary N) is 1. The topological polar surface area (TPSA) is 52.7 Å². The van der Waals surface area contributed by atoms with Crippen LogP contribution >= 0.6 is 0 Å². The maximum absolute atomic E-state index is 12.1. The molecule has 1 aliphatic rings. The smallest absolute Gasteiger partial charge is 0.242 e. The van der Waals surface area contributed by atoms with Gasteiger partial charge in [-0.1, -0.05) is 32.0 Å². The van der Waals surface area contributed by atoms with Crippen molar-refractivity contribution in [3.05, 3.63) is 30.3 Å². The highest BCUT2D eigenvalue weighted by atomic mass is 16.2. The van der Waals surface area contributed by atoms with Gasteiger partial charge in [0.05, 0.1) is 6.54 Å². The summed E-state index contributed by atoms with van der Waals surface area (Å²) in [5.41, 5.74) is 1.19. The monoisotopic (exact) mass is 303 g/mol. The molecule has 120 valence electrons. The van der Waals surface area contributed by atoms with Crippen molar-refractivity contribution in [1.29, 1.82) is 0 Å². The molecular formula is C17H25N3O2. The van der Waals surface area contributed by atoms with Crippen LogP contribution < -0.4 is 10.2 Å².